The van der Waals surface area contributed by atoms with E-state index in [9.17, 15) is 0 Å². The molecule has 0 radical (unpaired) electrons. The first-order chi connectivity index (χ1) is 7.92. The molecule has 3 nitrogen and oxygen atoms in total. The van der Waals surface area contributed by atoms with Gasteiger partial charge in [-0.3, -0.25) is 4.98 Å². The second-order valence-corrected chi connectivity index (χ2v) is 4.21. The third-order valence-electron chi connectivity index (χ3n) is 2.77. The lowest BCUT2D eigenvalue weighted by molar-refractivity contribution is 0.582. The van der Waals surface area contributed by atoms with Crippen LogP contribution in [0.25, 0.3) is 11.3 Å². The SMILES string of the molecule is c1coc(-c2cncc(CNC3CC3)c2)c1. The van der Waals surface area contributed by atoms with Gasteiger partial charge in [0, 0.05) is 30.5 Å². The minimum Gasteiger partial charge on any atom is -0.464 e. The fourth-order valence-corrected chi connectivity index (χ4v) is 1.71. The highest BCUT2D eigenvalue weighted by molar-refractivity contribution is 5.56. The van der Waals surface area contributed by atoms with Crippen molar-refractivity contribution in [3.05, 3.63) is 42.4 Å². The summed E-state index contributed by atoms with van der Waals surface area (Å²) in [5.41, 5.74) is 2.25. The minimum atomic E-state index is 0.729. The van der Waals surface area contributed by atoms with Crippen molar-refractivity contribution in [2.45, 2.75) is 25.4 Å². The van der Waals surface area contributed by atoms with Crippen LogP contribution in [0.3, 0.4) is 0 Å². The van der Waals surface area contributed by atoms with Gasteiger partial charge in [0.05, 0.1) is 6.26 Å². The number of nitrogens with zero attached hydrogens (tertiary/aromatic N) is 1. The van der Waals surface area contributed by atoms with Crippen LogP contribution in [0, 0.1) is 0 Å². The largest absolute Gasteiger partial charge is 0.464 e. The maximum atomic E-state index is 5.35. The van der Waals surface area contributed by atoms with E-state index in [1.807, 2.05) is 24.5 Å². The molecule has 1 fully saturated rings. The summed E-state index contributed by atoms with van der Waals surface area (Å²) in [6.07, 6.45) is 8.04. The number of nitrogens with one attached hydrogen (secondary N) is 1. The van der Waals surface area contributed by atoms with Crippen molar-refractivity contribution in [2.75, 3.05) is 0 Å². The van der Waals surface area contributed by atoms with Gasteiger partial charge in [-0.1, -0.05) is 0 Å². The first kappa shape index (κ1) is 9.60. The number of hydrogen-bond acceptors (Lipinski definition) is 3. The molecule has 3 heteroatoms. The molecule has 2 heterocycles. The standard InChI is InChI=1S/C13H14N2O/c1-2-13(16-5-1)11-6-10(7-14-9-11)8-15-12-3-4-12/h1-2,5-7,9,12,15H,3-4,8H2. The van der Waals surface area contributed by atoms with Crippen LogP contribution in [0.15, 0.2) is 41.3 Å². The van der Waals surface area contributed by atoms with Gasteiger partial charge in [0.2, 0.25) is 0 Å². The van der Waals surface area contributed by atoms with E-state index in [-0.39, 0.29) is 0 Å². The Balaban J connectivity index is 1.76. The third-order valence-corrected chi connectivity index (χ3v) is 2.77. The molecule has 2 aromatic rings. The molecule has 16 heavy (non-hydrogen) atoms. The Labute approximate surface area is 94.5 Å². The highest BCUT2D eigenvalue weighted by Gasteiger charge is 2.19. The van der Waals surface area contributed by atoms with Crippen LogP contribution in [0.1, 0.15) is 18.4 Å². The fourth-order valence-electron chi connectivity index (χ4n) is 1.71. The topological polar surface area (TPSA) is 38.1 Å². The number of furan rings is 1. The molecule has 0 amide bonds. The first-order valence-electron chi connectivity index (χ1n) is 5.63. The van der Waals surface area contributed by atoms with Crippen LogP contribution in [-0.2, 0) is 6.54 Å². The van der Waals surface area contributed by atoms with Crippen molar-refractivity contribution in [2.24, 2.45) is 0 Å². The normalized spacial score (nSPS) is 15.2. The second kappa shape index (κ2) is 4.10. The highest BCUT2D eigenvalue weighted by Crippen LogP contribution is 2.21. The minimum absolute atomic E-state index is 0.729. The van der Waals surface area contributed by atoms with E-state index < -0.39 is 0 Å². The Morgan fingerprint density at radius 3 is 3.06 bits per heavy atom. The van der Waals surface area contributed by atoms with E-state index in [1.54, 1.807) is 6.26 Å². The van der Waals surface area contributed by atoms with Crippen LogP contribution in [-0.4, -0.2) is 11.0 Å². The van der Waals surface area contributed by atoms with Gasteiger partial charge < -0.3 is 9.73 Å². The lowest BCUT2D eigenvalue weighted by Crippen LogP contribution is -2.15. The first-order valence-corrected chi connectivity index (χ1v) is 5.63. The van der Waals surface area contributed by atoms with Gasteiger partial charge in [-0.15, -0.1) is 0 Å². The molecule has 1 saturated carbocycles. The molecule has 0 spiro atoms. The van der Waals surface area contributed by atoms with Gasteiger partial charge in [0.1, 0.15) is 5.76 Å². The molecular formula is C13H14N2O. The van der Waals surface area contributed by atoms with E-state index in [0.717, 1.165) is 23.9 Å². The quantitative estimate of drug-likeness (QED) is 0.850. The zero-order valence-electron chi connectivity index (χ0n) is 9.02. The molecule has 1 N–H and O–H groups in total. The number of rotatable bonds is 4. The van der Waals surface area contributed by atoms with Crippen molar-refractivity contribution >= 4 is 0 Å². The van der Waals surface area contributed by atoms with Crippen LogP contribution >= 0.6 is 0 Å². The maximum absolute atomic E-state index is 5.35. The Bertz CT molecular complexity index is 461. The molecule has 1 aliphatic carbocycles. The molecule has 0 unspecified atom stereocenters. The van der Waals surface area contributed by atoms with Crippen LogP contribution in [0.2, 0.25) is 0 Å². The van der Waals surface area contributed by atoms with Gasteiger partial charge in [-0.2, -0.15) is 0 Å². The molecule has 0 atom stereocenters. The van der Waals surface area contributed by atoms with E-state index in [2.05, 4.69) is 16.4 Å². The van der Waals surface area contributed by atoms with E-state index in [0.29, 0.717) is 0 Å². The summed E-state index contributed by atoms with van der Waals surface area (Å²) in [6.45, 7) is 0.895. The summed E-state index contributed by atoms with van der Waals surface area (Å²) in [7, 11) is 0. The van der Waals surface area contributed by atoms with Crippen molar-refractivity contribution in [3.8, 4) is 11.3 Å². The molecular weight excluding hydrogens is 200 g/mol. The highest BCUT2D eigenvalue weighted by atomic mass is 16.3. The zero-order chi connectivity index (χ0) is 10.8. The summed E-state index contributed by atoms with van der Waals surface area (Å²) in [5, 5.41) is 3.47. The molecule has 0 bridgehead atoms. The Morgan fingerprint density at radius 2 is 2.31 bits per heavy atom. The monoisotopic (exact) mass is 214 g/mol. The van der Waals surface area contributed by atoms with Gasteiger partial charge in [-0.25, -0.2) is 0 Å². The van der Waals surface area contributed by atoms with Crippen molar-refractivity contribution in [3.63, 3.8) is 0 Å². The second-order valence-electron chi connectivity index (χ2n) is 4.21. The molecule has 2 aromatic heterocycles. The molecule has 0 aromatic carbocycles. The maximum Gasteiger partial charge on any atom is 0.135 e. The number of aromatic nitrogens is 1. The molecule has 1 aliphatic rings. The molecule has 82 valence electrons. The van der Waals surface area contributed by atoms with Crippen LogP contribution in [0.4, 0.5) is 0 Å². The Morgan fingerprint density at radius 1 is 1.38 bits per heavy atom. The van der Waals surface area contributed by atoms with Crippen LogP contribution < -0.4 is 5.32 Å². The summed E-state index contributed by atoms with van der Waals surface area (Å²) in [5.74, 6) is 0.876. The average Bonchev–Trinajstić information content (AvgIpc) is 2.99. The predicted octanol–water partition coefficient (Wildman–Crippen LogP) is 2.59. The summed E-state index contributed by atoms with van der Waals surface area (Å²) < 4.78 is 5.35. The smallest absolute Gasteiger partial charge is 0.135 e. The lowest BCUT2D eigenvalue weighted by atomic mass is 10.1. The van der Waals surface area contributed by atoms with Crippen molar-refractivity contribution in [1.29, 1.82) is 0 Å². The molecule has 0 saturated heterocycles. The van der Waals surface area contributed by atoms with Gasteiger partial charge >= 0.3 is 0 Å². The summed E-state index contributed by atoms with van der Waals surface area (Å²) in [4.78, 5) is 4.24. The molecule has 3 rings (SSSR count). The van der Waals surface area contributed by atoms with Crippen LogP contribution in [0.5, 0.6) is 0 Å². The predicted molar refractivity (Wildman–Crippen MR) is 61.8 cm³/mol. The van der Waals surface area contributed by atoms with Gasteiger partial charge in [-0.05, 0) is 36.6 Å². The van der Waals surface area contributed by atoms with Gasteiger partial charge in [0.15, 0.2) is 0 Å². The summed E-state index contributed by atoms with van der Waals surface area (Å²) >= 11 is 0. The molecule has 0 aliphatic heterocycles. The third kappa shape index (κ3) is 2.14. The Hall–Kier alpha value is -1.61. The zero-order valence-corrected chi connectivity index (χ0v) is 9.02. The van der Waals surface area contributed by atoms with E-state index >= 15 is 0 Å². The van der Waals surface area contributed by atoms with Gasteiger partial charge in [0.25, 0.3) is 0 Å². The van der Waals surface area contributed by atoms with Crippen molar-refractivity contribution < 1.29 is 4.42 Å². The van der Waals surface area contributed by atoms with Crippen molar-refractivity contribution in [1.82, 2.24) is 10.3 Å². The van der Waals surface area contributed by atoms with E-state index in [1.165, 1.54) is 18.4 Å². The Kier molecular flexibility index (Phi) is 2.46. The fraction of sp³-hybridized carbons (Fsp3) is 0.308. The van der Waals surface area contributed by atoms with E-state index in [4.69, 9.17) is 4.42 Å². The number of hydrogen-bond donors (Lipinski definition) is 1. The number of pyridine rings is 1. The average molecular weight is 214 g/mol. The lowest BCUT2D eigenvalue weighted by Gasteiger charge is -2.04. The summed E-state index contributed by atoms with van der Waals surface area (Å²) in [6, 6.07) is 6.70.